The van der Waals surface area contributed by atoms with Crippen molar-refractivity contribution in [1.29, 1.82) is 0 Å². The highest BCUT2D eigenvalue weighted by atomic mass is 32.1. The van der Waals surface area contributed by atoms with E-state index in [1.807, 2.05) is 0 Å². The monoisotopic (exact) mass is 240 g/mol. The predicted molar refractivity (Wildman–Crippen MR) is 73.3 cm³/mol. The topological polar surface area (TPSA) is 6.48 Å². The number of hydrogen-bond donors (Lipinski definition) is 1. The fraction of sp³-hybridized carbons (Fsp3) is 0.846. The molecule has 0 bridgehead atoms. The van der Waals surface area contributed by atoms with E-state index in [0.717, 1.165) is 18.3 Å². The van der Waals surface area contributed by atoms with E-state index in [2.05, 4.69) is 29.0 Å². The second kappa shape index (κ2) is 6.08. The van der Waals surface area contributed by atoms with Crippen molar-refractivity contribution in [3.63, 3.8) is 0 Å². The number of nitrogens with zero attached hydrogens (tertiary/aromatic N) is 2. The van der Waals surface area contributed by atoms with Gasteiger partial charge >= 0.3 is 0 Å². The van der Waals surface area contributed by atoms with Gasteiger partial charge in [0.15, 0.2) is 0 Å². The van der Waals surface area contributed by atoms with Gasteiger partial charge in [-0.1, -0.05) is 18.6 Å². The molecular weight excluding hydrogens is 216 g/mol. The van der Waals surface area contributed by atoms with E-state index in [1.165, 1.54) is 57.4 Å². The average molecular weight is 240 g/mol. The molecule has 0 saturated carbocycles. The van der Waals surface area contributed by atoms with Crippen molar-refractivity contribution in [2.24, 2.45) is 0 Å². The van der Waals surface area contributed by atoms with Crippen molar-refractivity contribution in [3.8, 4) is 0 Å². The standard InChI is InChI=1S/C13H24N2S/c1-12(11-16)9-14-8-5-13(10-14)15-6-3-2-4-7-15/h13,16H,1-11H2. The van der Waals surface area contributed by atoms with Gasteiger partial charge in [-0.25, -0.2) is 0 Å². The Bertz CT molecular complexity index is 236. The summed E-state index contributed by atoms with van der Waals surface area (Å²) in [5, 5.41) is 0. The summed E-state index contributed by atoms with van der Waals surface area (Å²) in [5.74, 6) is 0.824. The highest BCUT2D eigenvalue weighted by molar-refractivity contribution is 7.80. The molecule has 0 spiro atoms. The maximum atomic E-state index is 4.28. The molecule has 1 unspecified atom stereocenters. The molecular formula is C13H24N2S. The summed E-state index contributed by atoms with van der Waals surface area (Å²) in [6.45, 7) is 10.2. The predicted octanol–water partition coefficient (Wildman–Crippen LogP) is 2.03. The van der Waals surface area contributed by atoms with Crippen LogP contribution in [-0.2, 0) is 0 Å². The third-order valence-electron chi connectivity index (χ3n) is 3.83. The molecule has 2 heterocycles. The maximum absolute atomic E-state index is 4.28. The smallest absolute Gasteiger partial charge is 0.0235 e. The van der Waals surface area contributed by atoms with Gasteiger partial charge in [-0.2, -0.15) is 12.6 Å². The lowest BCUT2D eigenvalue weighted by molar-refractivity contribution is 0.163. The van der Waals surface area contributed by atoms with Crippen LogP contribution in [0, 0.1) is 0 Å². The Labute approximate surface area is 105 Å². The number of thiol groups is 1. The van der Waals surface area contributed by atoms with Crippen molar-refractivity contribution in [2.45, 2.75) is 31.7 Å². The highest BCUT2D eigenvalue weighted by Gasteiger charge is 2.28. The fourth-order valence-corrected chi connectivity index (χ4v) is 3.00. The minimum absolute atomic E-state index is 0.813. The van der Waals surface area contributed by atoms with Crippen molar-refractivity contribution >= 4 is 12.6 Å². The van der Waals surface area contributed by atoms with E-state index >= 15 is 0 Å². The van der Waals surface area contributed by atoms with Gasteiger partial charge in [0, 0.05) is 31.4 Å². The third kappa shape index (κ3) is 3.25. The summed E-state index contributed by atoms with van der Waals surface area (Å²) in [7, 11) is 0. The van der Waals surface area contributed by atoms with Gasteiger partial charge < -0.3 is 0 Å². The van der Waals surface area contributed by atoms with Crippen LogP contribution in [0.5, 0.6) is 0 Å². The molecule has 2 nitrogen and oxygen atoms in total. The summed E-state index contributed by atoms with van der Waals surface area (Å²) < 4.78 is 0. The van der Waals surface area contributed by atoms with Crippen molar-refractivity contribution < 1.29 is 0 Å². The van der Waals surface area contributed by atoms with E-state index in [9.17, 15) is 0 Å². The lowest BCUT2D eigenvalue weighted by Crippen LogP contribution is -2.41. The van der Waals surface area contributed by atoms with Crippen LogP contribution in [-0.4, -0.2) is 54.3 Å². The Morgan fingerprint density at radius 1 is 1.19 bits per heavy atom. The first-order chi connectivity index (χ1) is 7.79. The first kappa shape index (κ1) is 12.5. The molecule has 92 valence electrons. The molecule has 2 rings (SSSR count). The number of likely N-dealkylation sites (tertiary alicyclic amines) is 2. The zero-order valence-electron chi connectivity index (χ0n) is 10.2. The van der Waals surface area contributed by atoms with Crippen molar-refractivity contribution in [2.75, 3.05) is 38.5 Å². The Balaban J connectivity index is 1.76. The zero-order valence-corrected chi connectivity index (χ0v) is 11.1. The van der Waals surface area contributed by atoms with E-state index in [0.29, 0.717) is 0 Å². The van der Waals surface area contributed by atoms with E-state index in [4.69, 9.17) is 0 Å². The molecule has 0 N–H and O–H groups in total. The van der Waals surface area contributed by atoms with E-state index < -0.39 is 0 Å². The molecule has 3 heteroatoms. The van der Waals surface area contributed by atoms with Gasteiger partial charge in [-0.05, 0) is 32.4 Å². The summed E-state index contributed by atoms with van der Waals surface area (Å²) in [5.41, 5.74) is 1.25. The third-order valence-corrected chi connectivity index (χ3v) is 4.27. The van der Waals surface area contributed by atoms with Gasteiger partial charge in [0.2, 0.25) is 0 Å². The van der Waals surface area contributed by atoms with Crippen LogP contribution >= 0.6 is 12.6 Å². The van der Waals surface area contributed by atoms with Crippen molar-refractivity contribution in [3.05, 3.63) is 12.2 Å². The van der Waals surface area contributed by atoms with Gasteiger partial charge in [0.05, 0.1) is 0 Å². The maximum Gasteiger partial charge on any atom is 0.0235 e. The van der Waals surface area contributed by atoms with Gasteiger partial charge in [-0.15, -0.1) is 0 Å². The Morgan fingerprint density at radius 3 is 2.62 bits per heavy atom. The molecule has 0 aromatic carbocycles. The molecule has 0 aromatic rings. The number of rotatable bonds is 4. The Morgan fingerprint density at radius 2 is 1.94 bits per heavy atom. The average Bonchev–Trinajstić information content (AvgIpc) is 2.78. The van der Waals surface area contributed by atoms with Crippen molar-refractivity contribution in [1.82, 2.24) is 9.80 Å². The molecule has 0 aliphatic carbocycles. The fourth-order valence-electron chi connectivity index (χ4n) is 2.90. The van der Waals surface area contributed by atoms with Crippen LogP contribution in [0.1, 0.15) is 25.7 Å². The first-order valence-electron chi connectivity index (χ1n) is 6.53. The lowest BCUT2D eigenvalue weighted by Gasteiger charge is -2.32. The molecule has 2 fully saturated rings. The second-order valence-electron chi connectivity index (χ2n) is 5.18. The summed E-state index contributed by atoms with van der Waals surface area (Å²) in [6.07, 6.45) is 5.59. The molecule has 0 amide bonds. The van der Waals surface area contributed by atoms with Crippen LogP contribution in [0.2, 0.25) is 0 Å². The van der Waals surface area contributed by atoms with Gasteiger partial charge in [-0.3, -0.25) is 9.80 Å². The van der Waals surface area contributed by atoms with E-state index in [1.54, 1.807) is 0 Å². The SMILES string of the molecule is C=C(CS)CN1CCC(N2CCCCC2)C1. The van der Waals surface area contributed by atoms with Gasteiger partial charge in [0.1, 0.15) is 0 Å². The van der Waals surface area contributed by atoms with Crippen LogP contribution in [0.15, 0.2) is 12.2 Å². The molecule has 2 aliphatic heterocycles. The minimum Gasteiger partial charge on any atom is -0.299 e. The van der Waals surface area contributed by atoms with E-state index in [-0.39, 0.29) is 0 Å². The Kier molecular flexibility index (Phi) is 4.74. The summed E-state index contributed by atoms with van der Waals surface area (Å²) in [4.78, 5) is 5.24. The molecule has 16 heavy (non-hydrogen) atoms. The largest absolute Gasteiger partial charge is 0.299 e. The quantitative estimate of drug-likeness (QED) is 0.593. The summed E-state index contributed by atoms with van der Waals surface area (Å²) >= 11 is 4.28. The van der Waals surface area contributed by atoms with Crippen LogP contribution < -0.4 is 0 Å². The molecule has 0 aromatic heterocycles. The molecule has 1 atom stereocenters. The molecule has 0 radical (unpaired) electrons. The van der Waals surface area contributed by atoms with Crippen LogP contribution in [0.25, 0.3) is 0 Å². The first-order valence-corrected chi connectivity index (χ1v) is 7.17. The van der Waals surface area contributed by atoms with Crippen LogP contribution in [0.4, 0.5) is 0 Å². The number of piperidine rings is 1. The van der Waals surface area contributed by atoms with Gasteiger partial charge in [0.25, 0.3) is 0 Å². The number of hydrogen-bond acceptors (Lipinski definition) is 3. The van der Waals surface area contributed by atoms with Crippen LogP contribution in [0.3, 0.4) is 0 Å². The summed E-state index contributed by atoms with van der Waals surface area (Å²) in [6, 6.07) is 0.813. The second-order valence-corrected chi connectivity index (χ2v) is 5.50. The minimum atomic E-state index is 0.813. The normalized spacial score (nSPS) is 28.4. The lowest BCUT2D eigenvalue weighted by atomic mass is 10.1. The molecule has 2 saturated heterocycles. The molecule has 2 aliphatic rings. The zero-order chi connectivity index (χ0) is 11.4. The highest BCUT2D eigenvalue weighted by Crippen LogP contribution is 2.20. The Hall–Kier alpha value is 0.01000.